The number of aliphatic hydroxyl groups is 1. The molecule has 7 unspecified atom stereocenters. The van der Waals surface area contributed by atoms with Crippen molar-refractivity contribution >= 4 is 0 Å². The average molecular weight is 303 g/mol. The fraction of sp³-hybridized carbons (Fsp3) is 0.905. The van der Waals surface area contributed by atoms with E-state index in [4.69, 9.17) is 0 Å². The summed E-state index contributed by atoms with van der Waals surface area (Å²) >= 11 is 0. The van der Waals surface area contributed by atoms with Gasteiger partial charge in [-0.25, -0.2) is 0 Å². The lowest BCUT2D eigenvalue weighted by Crippen LogP contribution is -2.53. The highest BCUT2D eigenvalue weighted by Gasteiger charge is 2.58. The van der Waals surface area contributed by atoms with Crippen molar-refractivity contribution in [1.82, 2.24) is 0 Å². The fourth-order valence-corrected chi connectivity index (χ4v) is 7.56. The van der Waals surface area contributed by atoms with Crippen LogP contribution in [0.15, 0.2) is 11.6 Å². The van der Waals surface area contributed by atoms with Crippen LogP contribution in [0.2, 0.25) is 0 Å². The lowest BCUT2D eigenvalue weighted by molar-refractivity contribution is -0.116. The van der Waals surface area contributed by atoms with Crippen molar-refractivity contribution in [3.8, 4) is 0 Å². The van der Waals surface area contributed by atoms with Crippen LogP contribution in [0.25, 0.3) is 0 Å². The Hall–Kier alpha value is -0.300. The third-order valence-electron chi connectivity index (χ3n) is 8.83. The van der Waals surface area contributed by atoms with Gasteiger partial charge in [0.05, 0.1) is 6.10 Å². The van der Waals surface area contributed by atoms with Gasteiger partial charge in [0.25, 0.3) is 0 Å². The Morgan fingerprint density at radius 2 is 1.82 bits per heavy atom. The molecule has 0 spiro atoms. The number of fused-ring (bicyclic) bond motifs is 5. The minimum absolute atomic E-state index is 0.00964. The molecule has 4 aliphatic rings. The van der Waals surface area contributed by atoms with E-state index in [0.717, 1.165) is 36.5 Å². The third-order valence-corrected chi connectivity index (χ3v) is 8.83. The molecule has 0 bridgehead atoms. The Morgan fingerprint density at radius 1 is 1.00 bits per heavy atom. The molecule has 7 atom stereocenters. The Labute approximate surface area is 136 Å². The van der Waals surface area contributed by atoms with Crippen LogP contribution in [-0.4, -0.2) is 11.2 Å². The van der Waals surface area contributed by atoms with Gasteiger partial charge in [0.15, 0.2) is 0 Å². The summed E-state index contributed by atoms with van der Waals surface area (Å²) in [5.41, 5.74) is 2.82. The summed E-state index contributed by atoms with van der Waals surface area (Å²) in [6.45, 7) is 7.43. The highest BCUT2D eigenvalue weighted by Crippen LogP contribution is 2.67. The van der Waals surface area contributed by atoms with Crippen molar-refractivity contribution in [2.75, 3.05) is 0 Å². The summed E-state index contributed by atoms with van der Waals surface area (Å²) in [4.78, 5) is 0. The summed E-state index contributed by atoms with van der Waals surface area (Å²) in [6, 6.07) is 0. The van der Waals surface area contributed by atoms with Gasteiger partial charge in [0, 0.05) is 0 Å². The molecule has 124 valence electrons. The van der Waals surface area contributed by atoms with Crippen LogP contribution in [0.5, 0.6) is 0 Å². The number of aliphatic hydroxyl groups excluding tert-OH is 1. The smallest absolute Gasteiger partial charge is 0.0543 e. The van der Waals surface area contributed by atoms with Crippen molar-refractivity contribution in [2.45, 2.75) is 84.7 Å². The molecule has 4 aliphatic carbocycles. The molecule has 0 aromatic carbocycles. The van der Waals surface area contributed by atoms with Crippen molar-refractivity contribution in [2.24, 2.45) is 34.5 Å². The highest BCUT2D eigenvalue weighted by molar-refractivity contribution is 5.23. The van der Waals surface area contributed by atoms with Crippen molar-refractivity contribution in [3.05, 3.63) is 11.6 Å². The molecule has 0 heterocycles. The normalized spacial score (nSPS) is 56.4. The molecular formula is C21H34O. The van der Waals surface area contributed by atoms with E-state index in [2.05, 4.69) is 26.8 Å². The van der Waals surface area contributed by atoms with Gasteiger partial charge in [-0.2, -0.15) is 0 Å². The van der Waals surface area contributed by atoms with Gasteiger partial charge in [-0.1, -0.05) is 25.5 Å². The Balaban J connectivity index is 1.63. The quantitative estimate of drug-likeness (QED) is 0.599. The molecule has 1 heteroatoms. The predicted molar refractivity (Wildman–Crippen MR) is 91.5 cm³/mol. The Kier molecular flexibility index (Phi) is 3.53. The van der Waals surface area contributed by atoms with Crippen LogP contribution in [0.3, 0.4) is 0 Å². The molecule has 0 amide bonds. The first-order valence-corrected chi connectivity index (χ1v) is 9.83. The second kappa shape index (κ2) is 5.10. The number of rotatable bonds is 0. The lowest BCUT2D eigenvalue weighted by Gasteiger charge is -2.60. The van der Waals surface area contributed by atoms with E-state index in [0.29, 0.717) is 10.8 Å². The third kappa shape index (κ3) is 1.93. The minimum Gasteiger partial charge on any atom is -0.393 e. The second-order valence-electron chi connectivity index (χ2n) is 9.39. The van der Waals surface area contributed by atoms with E-state index >= 15 is 0 Å². The molecule has 0 saturated heterocycles. The molecule has 4 rings (SSSR count). The second-order valence-corrected chi connectivity index (χ2v) is 9.39. The zero-order chi connectivity index (χ0) is 15.5. The zero-order valence-electron chi connectivity index (χ0n) is 14.8. The van der Waals surface area contributed by atoms with Gasteiger partial charge in [0.1, 0.15) is 0 Å². The number of hydrogen-bond acceptors (Lipinski definition) is 1. The topological polar surface area (TPSA) is 20.2 Å². The van der Waals surface area contributed by atoms with Gasteiger partial charge < -0.3 is 5.11 Å². The largest absolute Gasteiger partial charge is 0.393 e. The van der Waals surface area contributed by atoms with Crippen LogP contribution < -0.4 is 0 Å². The molecule has 1 N–H and O–H groups in total. The summed E-state index contributed by atoms with van der Waals surface area (Å²) in [7, 11) is 0. The first-order chi connectivity index (χ1) is 10.5. The number of allylic oxidation sites excluding steroid dienone is 2. The van der Waals surface area contributed by atoms with E-state index in [-0.39, 0.29) is 6.10 Å². The molecule has 0 radical (unpaired) electrons. The van der Waals surface area contributed by atoms with Gasteiger partial charge in [-0.15, -0.1) is 0 Å². The predicted octanol–water partition coefficient (Wildman–Crippen LogP) is 5.34. The summed E-state index contributed by atoms with van der Waals surface area (Å²) in [5, 5.41) is 10.1. The summed E-state index contributed by atoms with van der Waals surface area (Å²) < 4.78 is 0. The first-order valence-electron chi connectivity index (χ1n) is 9.83. The molecule has 0 aromatic rings. The maximum Gasteiger partial charge on any atom is 0.0543 e. The van der Waals surface area contributed by atoms with Crippen LogP contribution in [0, 0.1) is 34.5 Å². The van der Waals surface area contributed by atoms with E-state index in [1.165, 1.54) is 44.9 Å². The maximum absolute atomic E-state index is 10.1. The molecule has 4 saturated carbocycles. The van der Waals surface area contributed by atoms with Gasteiger partial charge in [0.2, 0.25) is 0 Å². The first kappa shape index (κ1) is 15.2. The monoisotopic (exact) mass is 302 g/mol. The van der Waals surface area contributed by atoms with Gasteiger partial charge >= 0.3 is 0 Å². The standard InChI is InChI=1S/C21H34O/c1-4-14-6-8-18-17-7-5-15-13-16(22)9-11-21(15,3)19(17)10-12-20(14,18)2/h4,15-19,22H,5-13H2,1-3H3/b14-4-. The number of hydrogen-bond donors (Lipinski definition) is 1. The van der Waals surface area contributed by atoms with Crippen LogP contribution in [-0.2, 0) is 0 Å². The zero-order valence-corrected chi connectivity index (χ0v) is 14.8. The van der Waals surface area contributed by atoms with Crippen molar-refractivity contribution in [1.29, 1.82) is 0 Å². The molecule has 4 fully saturated rings. The van der Waals surface area contributed by atoms with E-state index < -0.39 is 0 Å². The van der Waals surface area contributed by atoms with Gasteiger partial charge in [-0.3, -0.25) is 0 Å². The molecular weight excluding hydrogens is 268 g/mol. The Morgan fingerprint density at radius 3 is 2.59 bits per heavy atom. The average Bonchev–Trinajstić information content (AvgIpc) is 2.84. The molecule has 1 nitrogen and oxygen atoms in total. The van der Waals surface area contributed by atoms with E-state index in [9.17, 15) is 5.11 Å². The summed E-state index contributed by atoms with van der Waals surface area (Å²) in [6.07, 6.45) is 14.3. The van der Waals surface area contributed by atoms with Gasteiger partial charge in [-0.05, 0) is 99.2 Å². The van der Waals surface area contributed by atoms with Crippen LogP contribution >= 0.6 is 0 Å². The maximum atomic E-state index is 10.1. The van der Waals surface area contributed by atoms with Crippen molar-refractivity contribution < 1.29 is 5.11 Å². The van der Waals surface area contributed by atoms with Crippen LogP contribution in [0.1, 0.15) is 78.6 Å². The Bertz CT molecular complexity index is 480. The highest BCUT2D eigenvalue weighted by atomic mass is 16.3. The minimum atomic E-state index is -0.00964. The molecule has 22 heavy (non-hydrogen) atoms. The fourth-order valence-electron chi connectivity index (χ4n) is 7.56. The SMILES string of the molecule is C/C=C1/CCC2C3CCC4CC(O)CCC4(C)C3CCC12C. The summed E-state index contributed by atoms with van der Waals surface area (Å²) in [5.74, 6) is 3.65. The van der Waals surface area contributed by atoms with Crippen LogP contribution in [0.4, 0.5) is 0 Å². The van der Waals surface area contributed by atoms with E-state index in [1.54, 1.807) is 5.57 Å². The lowest BCUT2D eigenvalue weighted by atomic mass is 9.45. The van der Waals surface area contributed by atoms with E-state index in [1.807, 2.05) is 0 Å². The molecule has 0 aromatic heterocycles. The molecule has 0 aliphatic heterocycles. The van der Waals surface area contributed by atoms with Crippen molar-refractivity contribution in [3.63, 3.8) is 0 Å².